The first kappa shape index (κ1) is 17.6. The van der Waals surface area contributed by atoms with Crippen LogP contribution in [0.2, 0.25) is 0 Å². The van der Waals surface area contributed by atoms with Crippen LogP contribution in [-0.4, -0.2) is 26.4 Å². The molecule has 0 unspecified atom stereocenters. The Labute approximate surface area is 139 Å². The third kappa shape index (κ3) is 4.18. The number of nitrogens with zero attached hydrogens (tertiary/aromatic N) is 1. The molecule has 4 nitrogen and oxygen atoms in total. The van der Waals surface area contributed by atoms with Gasteiger partial charge < -0.3 is 9.47 Å². The zero-order chi connectivity index (χ0) is 17.0. The molecule has 0 aliphatic heterocycles. The van der Waals surface area contributed by atoms with E-state index in [1.165, 1.54) is 11.3 Å². The molecule has 0 saturated heterocycles. The minimum atomic E-state index is -0.306. The summed E-state index contributed by atoms with van der Waals surface area (Å²) < 4.78 is 11.2. The van der Waals surface area contributed by atoms with Gasteiger partial charge in [0.25, 0.3) is 0 Å². The lowest BCUT2D eigenvalue weighted by atomic mass is 9.75. The quantitative estimate of drug-likeness (QED) is 0.805. The summed E-state index contributed by atoms with van der Waals surface area (Å²) in [5, 5.41) is 0. The molecule has 2 rings (SSSR count). The highest BCUT2D eigenvalue weighted by Crippen LogP contribution is 2.36. The second-order valence-corrected chi connectivity index (χ2v) is 6.98. The fraction of sp³-hybridized carbons (Fsp3) is 0.632. The summed E-state index contributed by atoms with van der Waals surface area (Å²) in [6.45, 7) is 6.66. The van der Waals surface area contributed by atoms with Crippen molar-refractivity contribution in [2.24, 2.45) is 17.8 Å². The number of rotatable bonds is 4. The van der Waals surface area contributed by atoms with Crippen molar-refractivity contribution in [2.45, 2.75) is 46.1 Å². The van der Waals surface area contributed by atoms with Crippen LogP contribution in [0.3, 0.4) is 0 Å². The van der Waals surface area contributed by atoms with E-state index in [9.17, 15) is 4.79 Å². The van der Waals surface area contributed by atoms with Crippen LogP contribution in [0.5, 0.6) is 5.75 Å². The lowest BCUT2D eigenvalue weighted by Gasteiger charge is -2.37. The number of para-hydroxylation sites is 2. The maximum absolute atomic E-state index is 12.6. The van der Waals surface area contributed by atoms with Crippen LogP contribution in [0.25, 0.3) is 0 Å². The lowest BCUT2D eigenvalue weighted by Crippen LogP contribution is -2.39. The van der Waals surface area contributed by atoms with E-state index in [1.54, 1.807) is 14.2 Å². The van der Waals surface area contributed by atoms with Crippen LogP contribution in [0.15, 0.2) is 24.3 Å². The molecule has 1 aliphatic rings. The molecule has 128 valence electrons. The minimum absolute atomic E-state index is 0.00315. The highest BCUT2D eigenvalue weighted by atomic mass is 16.6. The zero-order valence-corrected chi connectivity index (χ0v) is 14.9. The molecule has 1 saturated carbocycles. The normalized spacial score (nSPS) is 24.3. The number of benzene rings is 1. The highest BCUT2D eigenvalue weighted by Gasteiger charge is 2.34. The van der Waals surface area contributed by atoms with Crippen LogP contribution in [-0.2, 0) is 4.74 Å². The van der Waals surface area contributed by atoms with Crippen LogP contribution in [0, 0.1) is 17.8 Å². The molecule has 4 heteroatoms. The Bertz CT molecular complexity index is 529. The summed E-state index contributed by atoms with van der Waals surface area (Å²) in [5.74, 6) is 2.25. The third-order valence-corrected chi connectivity index (χ3v) is 4.93. The molecule has 1 aliphatic carbocycles. The first-order valence-electron chi connectivity index (χ1n) is 8.51. The van der Waals surface area contributed by atoms with Gasteiger partial charge in [0.1, 0.15) is 11.9 Å². The average molecular weight is 319 g/mol. The summed E-state index contributed by atoms with van der Waals surface area (Å²) in [4.78, 5) is 14.1. The van der Waals surface area contributed by atoms with Crippen molar-refractivity contribution in [3.63, 3.8) is 0 Å². The largest absolute Gasteiger partial charge is 0.495 e. The number of carbonyl (C=O) groups excluding carboxylic acids is 1. The van der Waals surface area contributed by atoms with Crippen molar-refractivity contribution in [1.82, 2.24) is 0 Å². The molecule has 3 atom stereocenters. The third-order valence-electron chi connectivity index (χ3n) is 4.93. The molecule has 23 heavy (non-hydrogen) atoms. The van der Waals surface area contributed by atoms with Gasteiger partial charge in [0.05, 0.1) is 12.8 Å². The summed E-state index contributed by atoms with van der Waals surface area (Å²) >= 11 is 0. The Morgan fingerprint density at radius 1 is 1.26 bits per heavy atom. The fourth-order valence-corrected chi connectivity index (χ4v) is 3.46. The van der Waals surface area contributed by atoms with Gasteiger partial charge in [-0.05, 0) is 42.7 Å². The van der Waals surface area contributed by atoms with Gasteiger partial charge >= 0.3 is 6.09 Å². The van der Waals surface area contributed by atoms with E-state index < -0.39 is 0 Å². The summed E-state index contributed by atoms with van der Waals surface area (Å²) in [5.41, 5.74) is 0.727. The van der Waals surface area contributed by atoms with Crippen molar-refractivity contribution >= 4 is 11.8 Å². The SMILES string of the molecule is COc1ccccc1N(C)C(=O)O[C@@H]1C[C@H](C)CC[C@H]1C(C)C. The smallest absolute Gasteiger partial charge is 0.414 e. The second-order valence-electron chi connectivity index (χ2n) is 6.98. The molecule has 1 aromatic rings. The molecule has 0 radical (unpaired) electrons. The first-order chi connectivity index (χ1) is 10.9. The van der Waals surface area contributed by atoms with Crippen molar-refractivity contribution < 1.29 is 14.3 Å². The Hall–Kier alpha value is -1.71. The maximum Gasteiger partial charge on any atom is 0.414 e. The summed E-state index contributed by atoms with van der Waals surface area (Å²) in [6.07, 6.45) is 3.01. The summed E-state index contributed by atoms with van der Waals surface area (Å²) in [6, 6.07) is 7.49. The molecule has 0 bridgehead atoms. The van der Waals surface area contributed by atoms with E-state index in [1.807, 2.05) is 24.3 Å². The average Bonchev–Trinajstić information content (AvgIpc) is 2.53. The van der Waals surface area contributed by atoms with E-state index >= 15 is 0 Å². The van der Waals surface area contributed by atoms with Gasteiger partial charge in [-0.25, -0.2) is 4.79 Å². The summed E-state index contributed by atoms with van der Waals surface area (Å²) in [7, 11) is 3.34. The maximum atomic E-state index is 12.6. The van der Waals surface area contributed by atoms with Gasteiger partial charge in [-0.1, -0.05) is 39.3 Å². The number of anilines is 1. The molecule has 1 amide bonds. The van der Waals surface area contributed by atoms with Crippen LogP contribution < -0.4 is 9.64 Å². The van der Waals surface area contributed by atoms with Crippen molar-refractivity contribution in [1.29, 1.82) is 0 Å². The predicted molar refractivity (Wildman–Crippen MR) is 93.0 cm³/mol. The fourth-order valence-electron chi connectivity index (χ4n) is 3.46. The Balaban J connectivity index is 2.10. The topological polar surface area (TPSA) is 38.8 Å². The van der Waals surface area contributed by atoms with Gasteiger partial charge in [-0.3, -0.25) is 4.90 Å². The monoisotopic (exact) mass is 319 g/mol. The van der Waals surface area contributed by atoms with Gasteiger partial charge in [0.15, 0.2) is 0 Å². The molecule has 1 aromatic carbocycles. The van der Waals surface area contributed by atoms with Gasteiger partial charge in [-0.2, -0.15) is 0 Å². The van der Waals surface area contributed by atoms with Gasteiger partial charge in [-0.15, -0.1) is 0 Å². The molecular weight excluding hydrogens is 290 g/mol. The molecular formula is C19H29NO3. The van der Waals surface area contributed by atoms with E-state index in [-0.39, 0.29) is 12.2 Å². The number of methoxy groups -OCH3 is 1. The Morgan fingerprint density at radius 2 is 1.96 bits per heavy atom. The van der Waals surface area contributed by atoms with Gasteiger partial charge in [0.2, 0.25) is 0 Å². The molecule has 0 spiro atoms. The van der Waals surface area contributed by atoms with Crippen LogP contribution in [0.1, 0.15) is 40.0 Å². The molecule has 0 heterocycles. The first-order valence-corrected chi connectivity index (χ1v) is 8.51. The number of carbonyl (C=O) groups is 1. The Kier molecular flexibility index (Phi) is 5.91. The zero-order valence-electron chi connectivity index (χ0n) is 14.9. The minimum Gasteiger partial charge on any atom is -0.495 e. The number of amides is 1. The highest BCUT2D eigenvalue weighted by molar-refractivity contribution is 5.89. The second kappa shape index (κ2) is 7.71. The van der Waals surface area contributed by atoms with E-state index in [2.05, 4.69) is 20.8 Å². The number of hydrogen-bond donors (Lipinski definition) is 0. The molecule has 0 aromatic heterocycles. The van der Waals surface area contributed by atoms with Crippen molar-refractivity contribution in [3.8, 4) is 5.75 Å². The standard InChI is InChI=1S/C19H29NO3/c1-13(2)15-11-10-14(3)12-18(15)23-19(21)20(4)16-8-6-7-9-17(16)22-5/h6-9,13-15,18H,10-12H2,1-5H3/t14-,15+,18-/m1/s1. The predicted octanol–water partition coefficient (Wildman–Crippen LogP) is 4.73. The van der Waals surface area contributed by atoms with E-state index in [0.717, 1.165) is 18.5 Å². The van der Waals surface area contributed by atoms with Crippen LogP contribution in [0.4, 0.5) is 10.5 Å². The van der Waals surface area contributed by atoms with Gasteiger partial charge in [0, 0.05) is 7.05 Å². The molecule has 1 fully saturated rings. The van der Waals surface area contributed by atoms with Crippen molar-refractivity contribution in [3.05, 3.63) is 24.3 Å². The van der Waals surface area contributed by atoms with Crippen molar-refractivity contribution in [2.75, 3.05) is 19.1 Å². The lowest BCUT2D eigenvalue weighted by molar-refractivity contribution is 0.00986. The Morgan fingerprint density at radius 3 is 2.61 bits per heavy atom. The van der Waals surface area contributed by atoms with E-state index in [0.29, 0.717) is 23.5 Å². The number of hydrogen-bond acceptors (Lipinski definition) is 3. The number of ether oxygens (including phenoxy) is 2. The molecule has 0 N–H and O–H groups in total. The van der Waals surface area contributed by atoms with E-state index in [4.69, 9.17) is 9.47 Å². The van der Waals surface area contributed by atoms with Crippen LogP contribution >= 0.6 is 0 Å².